The molecule has 0 unspecified atom stereocenters. The number of aliphatic hydroxyl groups excluding tert-OH is 2. The first kappa shape index (κ1) is 23.3. The first-order chi connectivity index (χ1) is 12.9. The second kappa shape index (κ2) is 11.3. The molecule has 160 valence electrons. The molecule has 0 aliphatic carbocycles. The monoisotopic (exact) mass is 436 g/mol. The van der Waals surface area contributed by atoms with E-state index in [-0.39, 0.29) is 79.3 Å². The van der Waals surface area contributed by atoms with Crippen molar-refractivity contribution in [1.29, 1.82) is 0 Å². The van der Waals surface area contributed by atoms with Gasteiger partial charge in [-0.3, -0.25) is 27.1 Å². The predicted molar refractivity (Wildman–Crippen MR) is 89.2 cm³/mol. The fraction of sp³-hybridized carbons (Fsp3) is 1.00. The molecule has 0 amide bonds. The third-order valence-electron chi connectivity index (χ3n) is 3.54. The van der Waals surface area contributed by atoms with E-state index in [1.807, 2.05) is 0 Å². The Kier molecular flexibility index (Phi) is 9.77. The standard InChI is InChI=1S/C13H26O12P2/c14-1-3-18-5-7-20-26(16)22-9-13(10-23-26)11-24-27(17,25-12-13)21-8-6-19-4-2-15/h14-15H,1-12H2. The highest BCUT2D eigenvalue weighted by molar-refractivity contribution is 7.48. The van der Waals surface area contributed by atoms with Crippen molar-refractivity contribution in [3.8, 4) is 0 Å². The molecule has 2 aliphatic rings. The van der Waals surface area contributed by atoms with Crippen LogP contribution in [0.3, 0.4) is 0 Å². The van der Waals surface area contributed by atoms with Crippen molar-refractivity contribution >= 4 is 15.6 Å². The molecule has 0 aromatic rings. The molecule has 2 fully saturated rings. The van der Waals surface area contributed by atoms with Crippen molar-refractivity contribution in [2.75, 3.05) is 79.3 Å². The van der Waals surface area contributed by atoms with Crippen LogP contribution in [0.2, 0.25) is 0 Å². The van der Waals surface area contributed by atoms with Crippen molar-refractivity contribution in [1.82, 2.24) is 0 Å². The number of rotatable bonds is 12. The Bertz CT molecular complexity index is 456. The third kappa shape index (κ3) is 7.77. The van der Waals surface area contributed by atoms with Gasteiger partial charge < -0.3 is 19.7 Å². The van der Waals surface area contributed by atoms with Gasteiger partial charge in [0.15, 0.2) is 0 Å². The summed E-state index contributed by atoms with van der Waals surface area (Å²) in [6, 6.07) is 0. The summed E-state index contributed by atoms with van der Waals surface area (Å²) in [6.45, 7) is 0.218. The molecule has 2 rings (SSSR count). The molecule has 0 aromatic carbocycles. The summed E-state index contributed by atoms with van der Waals surface area (Å²) >= 11 is 0. The summed E-state index contributed by atoms with van der Waals surface area (Å²) in [4.78, 5) is 0. The summed E-state index contributed by atoms with van der Waals surface area (Å²) in [5, 5.41) is 17.2. The van der Waals surface area contributed by atoms with E-state index < -0.39 is 21.1 Å². The molecule has 12 nitrogen and oxygen atoms in total. The Hall–Kier alpha value is 0.0600. The summed E-state index contributed by atoms with van der Waals surface area (Å²) in [7, 11) is -7.41. The first-order valence-corrected chi connectivity index (χ1v) is 11.3. The Morgan fingerprint density at radius 3 is 1.37 bits per heavy atom. The lowest BCUT2D eigenvalue weighted by molar-refractivity contribution is -0.0977. The van der Waals surface area contributed by atoms with Crippen LogP contribution in [0.4, 0.5) is 0 Å². The average molecular weight is 436 g/mol. The zero-order chi connectivity index (χ0) is 19.6. The Labute approximate surface area is 157 Å². The van der Waals surface area contributed by atoms with Crippen LogP contribution in [0.25, 0.3) is 0 Å². The number of phosphoric acid groups is 2. The van der Waals surface area contributed by atoms with E-state index in [1.165, 1.54) is 0 Å². The second-order valence-electron chi connectivity index (χ2n) is 5.83. The predicted octanol–water partition coefficient (Wildman–Crippen LogP) is 0.334. The van der Waals surface area contributed by atoms with E-state index in [0.29, 0.717) is 0 Å². The van der Waals surface area contributed by atoms with Crippen LogP contribution in [-0.2, 0) is 45.7 Å². The lowest BCUT2D eigenvalue weighted by Crippen LogP contribution is -2.45. The Morgan fingerprint density at radius 1 is 0.667 bits per heavy atom. The summed E-state index contributed by atoms with van der Waals surface area (Å²) < 4.78 is 65.7. The minimum atomic E-state index is -3.71. The van der Waals surface area contributed by atoms with Gasteiger partial charge in [0.25, 0.3) is 0 Å². The summed E-state index contributed by atoms with van der Waals surface area (Å²) in [6.07, 6.45) is 0. The van der Waals surface area contributed by atoms with Gasteiger partial charge in [-0.15, -0.1) is 0 Å². The van der Waals surface area contributed by atoms with Gasteiger partial charge in [0.2, 0.25) is 0 Å². The van der Waals surface area contributed by atoms with E-state index in [1.54, 1.807) is 0 Å². The molecular formula is C13H26O12P2. The maximum atomic E-state index is 12.3. The molecular weight excluding hydrogens is 410 g/mol. The second-order valence-corrected chi connectivity index (χ2v) is 9.16. The number of hydrogen-bond donors (Lipinski definition) is 2. The van der Waals surface area contributed by atoms with Gasteiger partial charge in [-0.1, -0.05) is 0 Å². The summed E-state index contributed by atoms with van der Waals surface area (Å²) in [5.41, 5.74) is -0.769. The van der Waals surface area contributed by atoms with Crippen molar-refractivity contribution in [2.45, 2.75) is 0 Å². The molecule has 0 atom stereocenters. The fourth-order valence-corrected chi connectivity index (χ4v) is 4.86. The first-order valence-electron chi connectivity index (χ1n) is 8.39. The van der Waals surface area contributed by atoms with E-state index >= 15 is 0 Å². The molecule has 2 saturated heterocycles. The quantitative estimate of drug-likeness (QED) is 0.321. The van der Waals surface area contributed by atoms with Gasteiger partial charge >= 0.3 is 15.6 Å². The molecule has 14 heteroatoms. The van der Waals surface area contributed by atoms with Crippen LogP contribution >= 0.6 is 15.6 Å². The number of hydrogen-bond acceptors (Lipinski definition) is 12. The highest BCUT2D eigenvalue weighted by atomic mass is 31.2. The van der Waals surface area contributed by atoms with Crippen LogP contribution in [-0.4, -0.2) is 89.5 Å². The maximum absolute atomic E-state index is 12.3. The zero-order valence-electron chi connectivity index (χ0n) is 14.9. The summed E-state index contributed by atoms with van der Waals surface area (Å²) in [5.74, 6) is 0. The normalized spacial score (nSPS) is 34.1. The lowest BCUT2D eigenvalue weighted by atomic mass is 9.93. The molecule has 0 saturated carbocycles. The minimum absolute atomic E-state index is 0.0152. The number of aliphatic hydroxyl groups is 2. The van der Waals surface area contributed by atoms with Gasteiger partial charge in [-0.05, 0) is 0 Å². The van der Waals surface area contributed by atoms with Crippen molar-refractivity contribution in [3.63, 3.8) is 0 Å². The van der Waals surface area contributed by atoms with Gasteiger partial charge in [-0.25, -0.2) is 9.13 Å². The van der Waals surface area contributed by atoms with E-state index in [4.69, 9.17) is 46.8 Å². The number of phosphoric ester groups is 2. The van der Waals surface area contributed by atoms with Crippen LogP contribution in [0.1, 0.15) is 0 Å². The SMILES string of the molecule is O=P1(OCCOCCO)OCC2(CO1)COP(=O)(OCCOCCO)OC2. The van der Waals surface area contributed by atoms with E-state index in [2.05, 4.69) is 0 Å². The largest absolute Gasteiger partial charge is 0.474 e. The smallest absolute Gasteiger partial charge is 0.394 e. The van der Waals surface area contributed by atoms with Crippen LogP contribution in [0.15, 0.2) is 0 Å². The third-order valence-corrected chi connectivity index (χ3v) is 6.32. The number of ether oxygens (including phenoxy) is 2. The van der Waals surface area contributed by atoms with Crippen molar-refractivity contribution in [2.24, 2.45) is 5.41 Å². The molecule has 2 aliphatic heterocycles. The van der Waals surface area contributed by atoms with Crippen LogP contribution < -0.4 is 0 Å². The topological polar surface area (TPSA) is 148 Å². The molecule has 0 bridgehead atoms. The van der Waals surface area contributed by atoms with Gasteiger partial charge in [0.1, 0.15) is 0 Å². The van der Waals surface area contributed by atoms with Gasteiger partial charge in [0.05, 0.1) is 84.7 Å². The van der Waals surface area contributed by atoms with Crippen molar-refractivity contribution < 1.29 is 56.0 Å². The van der Waals surface area contributed by atoms with E-state index in [9.17, 15) is 9.13 Å². The van der Waals surface area contributed by atoms with Crippen LogP contribution in [0.5, 0.6) is 0 Å². The zero-order valence-corrected chi connectivity index (χ0v) is 16.6. The van der Waals surface area contributed by atoms with Gasteiger partial charge in [-0.2, -0.15) is 0 Å². The molecule has 0 aromatic heterocycles. The molecule has 27 heavy (non-hydrogen) atoms. The minimum Gasteiger partial charge on any atom is -0.394 e. The maximum Gasteiger partial charge on any atom is 0.474 e. The highest BCUT2D eigenvalue weighted by Gasteiger charge is 2.50. The molecule has 2 N–H and O–H groups in total. The highest BCUT2D eigenvalue weighted by Crippen LogP contribution is 2.59. The van der Waals surface area contributed by atoms with Crippen LogP contribution in [0, 0.1) is 5.41 Å². The van der Waals surface area contributed by atoms with E-state index in [0.717, 1.165) is 0 Å². The molecule has 2 heterocycles. The fourth-order valence-electron chi connectivity index (χ4n) is 2.09. The average Bonchev–Trinajstić information content (AvgIpc) is 2.67. The lowest BCUT2D eigenvalue weighted by Gasteiger charge is -2.41. The Morgan fingerprint density at radius 2 is 1.04 bits per heavy atom. The van der Waals surface area contributed by atoms with Crippen molar-refractivity contribution in [3.05, 3.63) is 0 Å². The molecule has 1 spiro atoms. The Balaban J connectivity index is 1.68. The van der Waals surface area contributed by atoms with Gasteiger partial charge in [0, 0.05) is 0 Å². The molecule has 0 radical (unpaired) electrons.